The molecule has 0 saturated heterocycles. The predicted octanol–water partition coefficient (Wildman–Crippen LogP) is 3.65. The molecule has 1 amide bonds. The number of hydrogen-bond acceptors (Lipinski definition) is 6. The lowest BCUT2D eigenvalue weighted by atomic mass is 10.3. The zero-order chi connectivity index (χ0) is 16.9. The highest BCUT2D eigenvalue weighted by Gasteiger charge is 2.08. The summed E-state index contributed by atoms with van der Waals surface area (Å²) < 4.78 is 37.1. The molecule has 2 rings (SSSR count). The molecule has 23 heavy (non-hydrogen) atoms. The fourth-order valence-electron chi connectivity index (χ4n) is 1.61. The van der Waals surface area contributed by atoms with Crippen molar-refractivity contribution in [2.75, 3.05) is 5.32 Å². The molecule has 1 N–H and O–H groups in total. The lowest BCUT2D eigenvalue weighted by molar-refractivity contribution is -0.114. The Morgan fingerprint density at radius 2 is 1.48 bits per heavy atom. The van der Waals surface area contributed by atoms with Crippen LogP contribution in [0.15, 0.2) is 58.8 Å². The fourth-order valence-corrected chi connectivity index (χ4v) is 1.95. The Hall–Kier alpha value is -2.81. The third-order valence-electron chi connectivity index (χ3n) is 2.50. The van der Waals surface area contributed by atoms with Gasteiger partial charge in [0.2, 0.25) is 5.91 Å². The van der Waals surface area contributed by atoms with Crippen LogP contribution in [0.3, 0.4) is 0 Å². The van der Waals surface area contributed by atoms with E-state index in [0.29, 0.717) is 17.1 Å². The Morgan fingerprint density at radius 3 is 1.91 bits per heavy atom. The number of nitrogens with one attached hydrogen (secondary N) is 1. The first-order valence-corrected chi connectivity index (χ1v) is 7.66. The third-order valence-corrected chi connectivity index (χ3v) is 2.89. The van der Waals surface area contributed by atoms with Gasteiger partial charge in [-0.1, -0.05) is 3.89 Å². The Kier molecular flexibility index (Phi) is 5.02. The van der Waals surface area contributed by atoms with Gasteiger partial charge < -0.3 is 9.50 Å². The smallest absolute Gasteiger partial charge is 0.358 e. The molecular formula is C14H12FN3O4S. The van der Waals surface area contributed by atoms with E-state index in [1.54, 1.807) is 24.3 Å². The first-order valence-electron chi connectivity index (χ1n) is 6.35. The molecule has 0 aromatic heterocycles. The number of halogens is 1. The van der Waals surface area contributed by atoms with Crippen LogP contribution in [0, 0.1) is 0 Å². The highest BCUT2D eigenvalue weighted by atomic mass is 32.3. The molecule has 0 fully saturated rings. The molecule has 0 aliphatic carbocycles. The van der Waals surface area contributed by atoms with Gasteiger partial charge in [-0.3, -0.25) is 4.79 Å². The monoisotopic (exact) mass is 337 g/mol. The first-order chi connectivity index (χ1) is 10.8. The van der Waals surface area contributed by atoms with Crippen molar-refractivity contribution in [2.24, 2.45) is 10.2 Å². The highest BCUT2D eigenvalue weighted by Crippen LogP contribution is 2.23. The van der Waals surface area contributed by atoms with Crippen molar-refractivity contribution in [3.63, 3.8) is 0 Å². The normalized spacial score (nSPS) is 11.4. The van der Waals surface area contributed by atoms with E-state index >= 15 is 0 Å². The summed E-state index contributed by atoms with van der Waals surface area (Å²) in [6, 6.07) is 12.1. The van der Waals surface area contributed by atoms with E-state index < -0.39 is 10.5 Å². The van der Waals surface area contributed by atoms with Crippen LogP contribution in [0.5, 0.6) is 5.75 Å². The van der Waals surface area contributed by atoms with Crippen molar-refractivity contribution in [1.29, 1.82) is 0 Å². The molecule has 0 aliphatic heterocycles. The van der Waals surface area contributed by atoms with E-state index in [4.69, 9.17) is 0 Å². The molecule has 0 radical (unpaired) electrons. The van der Waals surface area contributed by atoms with Gasteiger partial charge in [-0.05, 0) is 48.5 Å². The summed E-state index contributed by atoms with van der Waals surface area (Å²) in [6.07, 6.45) is 0. The van der Waals surface area contributed by atoms with E-state index in [-0.39, 0.29) is 11.7 Å². The molecule has 0 heterocycles. The fraction of sp³-hybridized carbons (Fsp3) is 0.0714. The zero-order valence-corrected chi connectivity index (χ0v) is 12.7. The van der Waals surface area contributed by atoms with E-state index in [9.17, 15) is 17.1 Å². The van der Waals surface area contributed by atoms with Crippen molar-refractivity contribution >= 4 is 33.5 Å². The summed E-state index contributed by atoms with van der Waals surface area (Å²) in [4.78, 5) is 10.9. The summed E-state index contributed by atoms with van der Waals surface area (Å²) in [5, 5.41) is 10.5. The van der Waals surface area contributed by atoms with Crippen LogP contribution in [-0.4, -0.2) is 14.3 Å². The number of carbonyl (C=O) groups is 1. The second kappa shape index (κ2) is 6.97. The van der Waals surface area contributed by atoms with Gasteiger partial charge >= 0.3 is 10.5 Å². The van der Waals surface area contributed by atoms with E-state index in [1.165, 1.54) is 31.2 Å². The summed E-state index contributed by atoms with van der Waals surface area (Å²) in [7, 11) is -5.04. The number of anilines is 1. The maximum atomic E-state index is 12.3. The molecule has 0 spiro atoms. The molecule has 120 valence electrons. The minimum Gasteiger partial charge on any atom is -0.358 e. The van der Waals surface area contributed by atoms with Crippen LogP contribution in [0.2, 0.25) is 0 Å². The average molecular weight is 337 g/mol. The number of azo groups is 1. The summed E-state index contributed by atoms with van der Waals surface area (Å²) >= 11 is 0. The molecule has 2 aromatic carbocycles. The molecule has 0 saturated carbocycles. The average Bonchev–Trinajstić information content (AvgIpc) is 2.46. The SMILES string of the molecule is CC(=O)Nc1ccc(N=Nc2ccc(OS(=O)(=O)F)cc2)cc1. The van der Waals surface area contributed by atoms with Gasteiger partial charge in [0, 0.05) is 12.6 Å². The van der Waals surface area contributed by atoms with Crippen LogP contribution in [-0.2, 0) is 15.3 Å². The lowest BCUT2D eigenvalue weighted by Gasteiger charge is -2.01. The lowest BCUT2D eigenvalue weighted by Crippen LogP contribution is -2.04. The Labute approximate surface area is 132 Å². The van der Waals surface area contributed by atoms with Crippen LogP contribution in [0.4, 0.5) is 20.9 Å². The van der Waals surface area contributed by atoms with Gasteiger partial charge in [0.25, 0.3) is 0 Å². The van der Waals surface area contributed by atoms with Crippen molar-refractivity contribution in [3.8, 4) is 5.75 Å². The Bertz CT molecular complexity index is 818. The Balaban J connectivity index is 2.03. The first kappa shape index (κ1) is 16.6. The molecule has 0 atom stereocenters. The van der Waals surface area contributed by atoms with Gasteiger partial charge in [-0.15, -0.1) is 0 Å². The van der Waals surface area contributed by atoms with Gasteiger partial charge in [0.05, 0.1) is 11.4 Å². The number of carbonyl (C=O) groups excluding carboxylic acids is 1. The van der Waals surface area contributed by atoms with Gasteiger partial charge in [-0.25, -0.2) is 0 Å². The summed E-state index contributed by atoms with van der Waals surface area (Å²) in [6.45, 7) is 1.41. The van der Waals surface area contributed by atoms with Gasteiger partial charge in [-0.2, -0.15) is 18.6 Å². The van der Waals surface area contributed by atoms with E-state index in [0.717, 1.165) is 0 Å². The number of nitrogens with zero attached hydrogens (tertiary/aromatic N) is 2. The minimum absolute atomic E-state index is 0.161. The van der Waals surface area contributed by atoms with Crippen LogP contribution in [0.1, 0.15) is 6.92 Å². The number of rotatable bonds is 5. The molecule has 2 aromatic rings. The third kappa shape index (κ3) is 5.83. The number of hydrogen-bond donors (Lipinski definition) is 1. The molecule has 7 nitrogen and oxygen atoms in total. The van der Waals surface area contributed by atoms with Crippen molar-refractivity contribution < 1.29 is 21.3 Å². The number of benzene rings is 2. The van der Waals surface area contributed by atoms with Crippen molar-refractivity contribution in [3.05, 3.63) is 48.5 Å². The quantitative estimate of drug-likeness (QED) is 0.665. The molecule has 9 heteroatoms. The van der Waals surface area contributed by atoms with Crippen molar-refractivity contribution in [2.45, 2.75) is 6.92 Å². The van der Waals surface area contributed by atoms with Crippen molar-refractivity contribution in [1.82, 2.24) is 0 Å². The second-order valence-electron chi connectivity index (χ2n) is 4.40. The van der Waals surface area contributed by atoms with Crippen LogP contribution < -0.4 is 9.50 Å². The largest absolute Gasteiger partial charge is 0.488 e. The van der Waals surface area contributed by atoms with Gasteiger partial charge in [0.1, 0.15) is 5.75 Å². The summed E-state index contributed by atoms with van der Waals surface area (Å²) in [5.74, 6) is -0.330. The van der Waals surface area contributed by atoms with E-state index in [1.807, 2.05) is 0 Å². The topological polar surface area (TPSA) is 97.2 Å². The molecule has 0 bridgehead atoms. The molecular weight excluding hydrogens is 325 g/mol. The number of amides is 1. The maximum Gasteiger partial charge on any atom is 0.488 e. The standard InChI is InChI=1S/C14H12FN3O4S/c1-10(19)16-11-2-4-12(5-3-11)17-18-13-6-8-14(9-7-13)22-23(15,20)21/h2-9H,1H3,(H,16,19). The highest BCUT2D eigenvalue weighted by molar-refractivity contribution is 7.81. The van der Waals surface area contributed by atoms with E-state index in [2.05, 4.69) is 19.7 Å². The second-order valence-corrected chi connectivity index (χ2v) is 5.35. The van der Waals surface area contributed by atoms with Crippen LogP contribution >= 0.6 is 0 Å². The molecule has 0 unspecified atom stereocenters. The van der Waals surface area contributed by atoms with Gasteiger partial charge in [0.15, 0.2) is 0 Å². The zero-order valence-electron chi connectivity index (χ0n) is 11.9. The minimum atomic E-state index is -5.04. The maximum absolute atomic E-state index is 12.3. The molecule has 0 aliphatic rings. The summed E-state index contributed by atoms with van der Waals surface area (Å²) in [5.41, 5.74) is 1.63. The predicted molar refractivity (Wildman–Crippen MR) is 82.0 cm³/mol. The Morgan fingerprint density at radius 1 is 1.00 bits per heavy atom. The van der Waals surface area contributed by atoms with Crippen LogP contribution in [0.25, 0.3) is 0 Å².